The molecule has 0 unspecified atom stereocenters. The van der Waals surface area contributed by atoms with Crippen LogP contribution in [0.25, 0.3) is 0 Å². The Morgan fingerprint density at radius 1 is 1.19 bits per heavy atom. The van der Waals surface area contributed by atoms with Crippen molar-refractivity contribution in [3.05, 3.63) is 69.9 Å². The molecule has 1 aromatic carbocycles. The highest BCUT2D eigenvalue weighted by Gasteiger charge is 2.50. The summed E-state index contributed by atoms with van der Waals surface area (Å²) in [6.07, 6.45) is 3.65. The van der Waals surface area contributed by atoms with Gasteiger partial charge in [-0.25, -0.2) is 9.67 Å². The summed E-state index contributed by atoms with van der Waals surface area (Å²) in [6.45, 7) is 4.11. The van der Waals surface area contributed by atoms with Crippen molar-refractivity contribution in [2.75, 3.05) is 13.1 Å². The number of nitrogens with zero attached hydrogens (tertiary/aromatic N) is 4. The van der Waals surface area contributed by atoms with Gasteiger partial charge in [0.1, 0.15) is 12.2 Å². The van der Waals surface area contributed by atoms with Gasteiger partial charge in [-0.3, -0.25) is 9.59 Å². The maximum atomic E-state index is 13.1. The van der Waals surface area contributed by atoms with Crippen molar-refractivity contribution >= 4 is 23.2 Å². The van der Waals surface area contributed by atoms with Gasteiger partial charge in [-0.1, -0.05) is 30.3 Å². The number of carbonyl (C=O) groups is 2. The molecule has 0 saturated carbocycles. The summed E-state index contributed by atoms with van der Waals surface area (Å²) in [5.74, 6) is 0.825. The minimum absolute atomic E-state index is 0.0967. The Kier molecular flexibility index (Phi) is 5.09. The number of likely N-dealkylation sites (tertiary alicyclic amines) is 1. The molecule has 1 N–H and O–H groups in total. The van der Waals surface area contributed by atoms with Crippen LogP contribution >= 0.6 is 11.3 Å². The Bertz CT molecular complexity index is 1110. The molecule has 1 spiro atoms. The molecule has 160 valence electrons. The number of thiophene rings is 1. The van der Waals surface area contributed by atoms with E-state index in [0.717, 1.165) is 36.3 Å². The van der Waals surface area contributed by atoms with Gasteiger partial charge in [-0.05, 0) is 42.3 Å². The van der Waals surface area contributed by atoms with Gasteiger partial charge < -0.3 is 10.2 Å². The highest BCUT2D eigenvalue weighted by Crippen LogP contribution is 2.47. The third-order valence-corrected chi connectivity index (χ3v) is 7.57. The van der Waals surface area contributed by atoms with Crippen LogP contribution < -0.4 is 5.32 Å². The van der Waals surface area contributed by atoms with Gasteiger partial charge in [-0.15, -0.1) is 11.3 Å². The number of carbonyl (C=O) groups excluding carboxylic acids is 2. The van der Waals surface area contributed by atoms with E-state index >= 15 is 0 Å². The average Bonchev–Trinajstić information content (AvgIpc) is 3.53. The molecule has 4 heterocycles. The van der Waals surface area contributed by atoms with E-state index in [4.69, 9.17) is 0 Å². The molecule has 31 heavy (non-hydrogen) atoms. The average molecular weight is 436 g/mol. The molecule has 7 nitrogen and oxygen atoms in total. The molecule has 1 saturated heterocycles. The smallest absolute Gasteiger partial charge is 0.261 e. The number of nitrogens with one attached hydrogen (secondary N) is 1. The van der Waals surface area contributed by atoms with Crippen molar-refractivity contribution in [3.8, 4) is 0 Å². The number of aromatic nitrogens is 3. The number of aryl methyl sites for hydroxylation is 2. The summed E-state index contributed by atoms with van der Waals surface area (Å²) < 4.78 is 1.88. The van der Waals surface area contributed by atoms with Crippen LogP contribution in [0.3, 0.4) is 0 Å². The third-order valence-electron chi connectivity index (χ3n) is 6.70. The lowest BCUT2D eigenvalue weighted by molar-refractivity contribution is -0.130. The van der Waals surface area contributed by atoms with Crippen LogP contribution in [0.5, 0.6) is 0 Å². The van der Waals surface area contributed by atoms with E-state index in [-0.39, 0.29) is 23.3 Å². The zero-order valence-corrected chi connectivity index (χ0v) is 18.3. The van der Waals surface area contributed by atoms with Crippen molar-refractivity contribution in [3.63, 3.8) is 0 Å². The maximum absolute atomic E-state index is 13.1. The highest BCUT2D eigenvalue weighted by atomic mass is 32.1. The zero-order chi connectivity index (χ0) is 21.4. The Morgan fingerprint density at radius 3 is 2.84 bits per heavy atom. The SMILES string of the molecule is Cc1ccccc1CC(=O)N1CC[C@@]2(CCn3ncnc3[C@H]2NC(=O)c2cccs2)C1. The molecule has 2 atom stereocenters. The first kappa shape index (κ1) is 19.9. The number of benzene rings is 1. The minimum Gasteiger partial charge on any atom is -0.342 e. The Morgan fingerprint density at radius 2 is 2.03 bits per heavy atom. The van der Waals surface area contributed by atoms with Crippen LogP contribution in [-0.2, 0) is 17.8 Å². The molecule has 0 bridgehead atoms. The molecule has 2 aliphatic rings. The third kappa shape index (κ3) is 3.65. The van der Waals surface area contributed by atoms with Crippen LogP contribution in [0.1, 0.15) is 45.5 Å². The molecule has 2 amide bonds. The number of amides is 2. The largest absolute Gasteiger partial charge is 0.342 e. The Labute approximate surface area is 185 Å². The molecular weight excluding hydrogens is 410 g/mol. The number of hydrogen-bond donors (Lipinski definition) is 1. The standard InChI is InChI=1S/C23H25N5O2S/c1-16-5-2-3-6-17(16)13-19(29)27-10-8-23(14-27)9-11-28-21(24-15-25-28)20(23)26-22(30)18-7-4-12-31-18/h2-7,12,15,20H,8-11,13-14H2,1H3,(H,26,30)/t20-,23-/m1/s1. The first-order chi connectivity index (χ1) is 15.1. The van der Waals surface area contributed by atoms with Crippen molar-refractivity contribution < 1.29 is 9.59 Å². The summed E-state index contributed by atoms with van der Waals surface area (Å²) in [6, 6.07) is 11.5. The number of fused-ring (bicyclic) bond motifs is 1. The monoisotopic (exact) mass is 435 g/mol. The van der Waals surface area contributed by atoms with Crippen LogP contribution in [0.15, 0.2) is 48.1 Å². The van der Waals surface area contributed by atoms with E-state index in [9.17, 15) is 9.59 Å². The first-order valence-electron chi connectivity index (χ1n) is 10.6. The molecule has 1 fully saturated rings. The Hall–Kier alpha value is -3.00. The maximum Gasteiger partial charge on any atom is 0.261 e. The van der Waals surface area contributed by atoms with Crippen molar-refractivity contribution in [1.29, 1.82) is 0 Å². The van der Waals surface area contributed by atoms with E-state index in [0.29, 0.717) is 24.4 Å². The lowest BCUT2D eigenvalue weighted by Crippen LogP contribution is -2.48. The summed E-state index contributed by atoms with van der Waals surface area (Å²) in [5.41, 5.74) is 1.98. The van der Waals surface area contributed by atoms with Crippen LogP contribution in [0.2, 0.25) is 0 Å². The number of rotatable bonds is 4. The lowest BCUT2D eigenvalue weighted by Gasteiger charge is -2.40. The van der Waals surface area contributed by atoms with E-state index in [1.54, 1.807) is 6.33 Å². The van der Waals surface area contributed by atoms with Gasteiger partial charge in [0, 0.05) is 25.0 Å². The molecule has 2 aliphatic heterocycles. The van der Waals surface area contributed by atoms with E-state index in [1.165, 1.54) is 11.3 Å². The van der Waals surface area contributed by atoms with E-state index in [1.807, 2.05) is 58.3 Å². The van der Waals surface area contributed by atoms with Gasteiger partial charge in [0.15, 0.2) is 0 Å². The molecule has 2 aromatic heterocycles. The van der Waals surface area contributed by atoms with E-state index in [2.05, 4.69) is 15.4 Å². The highest BCUT2D eigenvalue weighted by molar-refractivity contribution is 7.12. The topological polar surface area (TPSA) is 80.1 Å². The minimum atomic E-state index is -0.269. The molecule has 8 heteroatoms. The predicted octanol–water partition coefficient (Wildman–Crippen LogP) is 2.98. The number of hydrogen-bond acceptors (Lipinski definition) is 5. The predicted molar refractivity (Wildman–Crippen MR) is 118 cm³/mol. The molecule has 0 radical (unpaired) electrons. The fourth-order valence-corrected chi connectivity index (χ4v) is 5.50. The van der Waals surface area contributed by atoms with Crippen LogP contribution in [0, 0.1) is 12.3 Å². The summed E-state index contributed by atoms with van der Waals surface area (Å²) in [5, 5.41) is 9.45. The first-order valence-corrected chi connectivity index (χ1v) is 11.5. The molecule has 3 aromatic rings. The summed E-state index contributed by atoms with van der Waals surface area (Å²) >= 11 is 1.42. The molecule has 0 aliphatic carbocycles. The second-order valence-corrected chi connectivity index (χ2v) is 9.45. The second kappa shape index (κ2) is 7.92. The van der Waals surface area contributed by atoms with Gasteiger partial charge in [0.25, 0.3) is 5.91 Å². The van der Waals surface area contributed by atoms with Crippen molar-refractivity contribution in [2.45, 2.75) is 38.8 Å². The van der Waals surface area contributed by atoms with E-state index < -0.39 is 0 Å². The van der Waals surface area contributed by atoms with Gasteiger partial charge >= 0.3 is 0 Å². The lowest BCUT2D eigenvalue weighted by atomic mass is 9.74. The molecular formula is C23H25N5O2S. The van der Waals surface area contributed by atoms with Gasteiger partial charge in [0.2, 0.25) is 5.91 Å². The van der Waals surface area contributed by atoms with Crippen LogP contribution in [0.4, 0.5) is 0 Å². The van der Waals surface area contributed by atoms with Gasteiger partial charge in [-0.2, -0.15) is 5.10 Å². The fraction of sp³-hybridized carbons (Fsp3) is 0.391. The quantitative estimate of drug-likeness (QED) is 0.683. The summed E-state index contributed by atoms with van der Waals surface area (Å²) in [4.78, 5) is 33.1. The van der Waals surface area contributed by atoms with Crippen molar-refractivity contribution in [1.82, 2.24) is 25.0 Å². The normalized spacial score (nSPS) is 22.5. The van der Waals surface area contributed by atoms with Gasteiger partial charge in [0.05, 0.1) is 17.3 Å². The fourth-order valence-electron chi connectivity index (χ4n) is 4.87. The summed E-state index contributed by atoms with van der Waals surface area (Å²) in [7, 11) is 0. The zero-order valence-electron chi connectivity index (χ0n) is 17.5. The Balaban J connectivity index is 1.38. The van der Waals surface area contributed by atoms with Crippen molar-refractivity contribution in [2.24, 2.45) is 5.41 Å². The van der Waals surface area contributed by atoms with Crippen LogP contribution in [-0.4, -0.2) is 44.6 Å². The second-order valence-electron chi connectivity index (χ2n) is 8.51. The molecule has 5 rings (SSSR count).